The number of thioether (sulfide) groups is 1. The summed E-state index contributed by atoms with van der Waals surface area (Å²) in [6, 6.07) is 0.0628. The Labute approximate surface area is 131 Å². The van der Waals surface area contributed by atoms with Crippen molar-refractivity contribution in [3.8, 4) is 0 Å². The molecule has 1 aromatic heterocycles. The van der Waals surface area contributed by atoms with Crippen LogP contribution in [-0.2, 0) is 15.3 Å². The molecule has 1 aromatic rings. The number of fused-ring (bicyclic) bond motifs is 2. The van der Waals surface area contributed by atoms with Crippen LogP contribution in [-0.4, -0.2) is 44.7 Å². The van der Waals surface area contributed by atoms with Gasteiger partial charge in [-0.05, 0) is 26.2 Å². The maximum atomic E-state index is 12.4. The number of thiazole rings is 1. The number of aryl methyl sites for hydroxylation is 1. The number of rotatable bonds is 5. The summed E-state index contributed by atoms with van der Waals surface area (Å²) in [4.78, 5) is 29.8. The number of nitrogens with zero attached hydrogens (tertiary/aromatic N) is 2. The van der Waals surface area contributed by atoms with Gasteiger partial charge in [-0.15, -0.1) is 23.1 Å². The summed E-state index contributed by atoms with van der Waals surface area (Å²) in [5, 5.41) is 12.3. The molecule has 2 fully saturated rings. The maximum Gasteiger partial charge on any atom is 0.308 e. The van der Waals surface area contributed by atoms with E-state index < -0.39 is 5.97 Å². The van der Waals surface area contributed by atoms with Gasteiger partial charge in [-0.25, -0.2) is 4.98 Å². The summed E-state index contributed by atoms with van der Waals surface area (Å²) in [5.74, 6) is 0.116. The van der Waals surface area contributed by atoms with Crippen molar-refractivity contribution in [1.29, 1.82) is 0 Å². The molecular formula is C14H18N2O3S2. The largest absolute Gasteiger partial charge is 0.481 e. The molecule has 3 heterocycles. The SMILES string of the molecule is Cc1nc(CSCC(=O)N2C3CCC2C(C(=O)O)C3)cs1. The fourth-order valence-corrected chi connectivity index (χ4v) is 4.94. The fourth-order valence-electron chi connectivity index (χ4n) is 3.43. The number of aliphatic carboxylic acids is 1. The lowest BCUT2D eigenvalue weighted by Crippen LogP contribution is -2.38. The van der Waals surface area contributed by atoms with E-state index in [1.54, 1.807) is 23.1 Å². The van der Waals surface area contributed by atoms with Crippen molar-refractivity contribution in [2.75, 3.05) is 5.75 Å². The highest BCUT2D eigenvalue weighted by molar-refractivity contribution is 7.99. The Morgan fingerprint density at radius 2 is 2.33 bits per heavy atom. The molecule has 7 heteroatoms. The molecular weight excluding hydrogens is 308 g/mol. The van der Waals surface area contributed by atoms with Gasteiger partial charge in [0.25, 0.3) is 0 Å². The molecule has 3 atom stereocenters. The second kappa shape index (κ2) is 5.96. The molecule has 5 nitrogen and oxygen atoms in total. The number of hydrogen-bond donors (Lipinski definition) is 1. The van der Waals surface area contributed by atoms with E-state index in [9.17, 15) is 14.7 Å². The molecule has 114 valence electrons. The van der Waals surface area contributed by atoms with E-state index in [1.807, 2.05) is 17.2 Å². The summed E-state index contributed by atoms with van der Waals surface area (Å²) < 4.78 is 0. The Bertz CT molecular complexity index is 560. The van der Waals surface area contributed by atoms with Crippen molar-refractivity contribution in [2.45, 2.75) is 44.0 Å². The van der Waals surface area contributed by atoms with Crippen molar-refractivity contribution in [2.24, 2.45) is 5.92 Å². The first kappa shape index (κ1) is 14.8. The van der Waals surface area contributed by atoms with Crippen molar-refractivity contribution in [1.82, 2.24) is 9.88 Å². The molecule has 1 N–H and O–H groups in total. The molecule has 0 spiro atoms. The number of carboxylic acids is 1. The van der Waals surface area contributed by atoms with Crippen LogP contribution < -0.4 is 0 Å². The quantitative estimate of drug-likeness (QED) is 0.898. The predicted molar refractivity (Wildman–Crippen MR) is 82.4 cm³/mol. The standard InChI is InChI=1S/C14H18N2O3S2/c1-8-15-9(6-21-8)5-20-7-13(17)16-10-2-3-12(16)11(4-10)14(18)19/h6,10-12H,2-5,7H2,1H3,(H,18,19). The highest BCUT2D eigenvalue weighted by Gasteiger charge is 2.50. The van der Waals surface area contributed by atoms with E-state index in [1.165, 1.54) is 0 Å². The van der Waals surface area contributed by atoms with Crippen molar-refractivity contribution in [3.05, 3.63) is 16.1 Å². The van der Waals surface area contributed by atoms with E-state index >= 15 is 0 Å². The van der Waals surface area contributed by atoms with Crippen LogP contribution in [0.15, 0.2) is 5.38 Å². The van der Waals surface area contributed by atoms with E-state index in [0.29, 0.717) is 12.2 Å². The molecule has 0 saturated carbocycles. The maximum absolute atomic E-state index is 12.4. The normalized spacial score (nSPS) is 27.3. The molecule has 21 heavy (non-hydrogen) atoms. The van der Waals surface area contributed by atoms with Crippen molar-refractivity contribution < 1.29 is 14.7 Å². The Balaban J connectivity index is 1.53. The molecule has 2 aliphatic heterocycles. The van der Waals surface area contributed by atoms with E-state index in [-0.39, 0.29) is 23.9 Å². The predicted octanol–water partition coefficient (Wildman–Crippen LogP) is 2.15. The highest BCUT2D eigenvalue weighted by atomic mass is 32.2. The third-order valence-electron chi connectivity index (χ3n) is 4.28. The van der Waals surface area contributed by atoms with Crippen LogP contribution in [0.2, 0.25) is 0 Å². The zero-order chi connectivity index (χ0) is 15.0. The lowest BCUT2D eigenvalue weighted by molar-refractivity contribution is -0.143. The summed E-state index contributed by atoms with van der Waals surface area (Å²) in [5.41, 5.74) is 1.02. The molecule has 0 radical (unpaired) electrons. The lowest BCUT2D eigenvalue weighted by Gasteiger charge is -2.22. The summed E-state index contributed by atoms with van der Waals surface area (Å²) >= 11 is 3.18. The minimum absolute atomic E-state index is 0.0814. The van der Waals surface area contributed by atoms with Gasteiger partial charge in [0.15, 0.2) is 0 Å². The van der Waals surface area contributed by atoms with E-state index in [4.69, 9.17) is 0 Å². The smallest absolute Gasteiger partial charge is 0.308 e. The van der Waals surface area contributed by atoms with Crippen LogP contribution in [0.3, 0.4) is 0 Å². The number of hydrogen-bond acceptors (Lipinski definition) is 5. The number of aromatic nitrogens is 1. The Morgan fingerprint density at radius 1 is 1.52 bits per heavy atom. The second-order valence-electron chi connectivity index (χ2n) is 5.63. The van der Waals surface area contributed by atoms with Crippen LogP contribution in [0, 0.1) is 12.8 Å². The molecule has 0 aromatic carbocycles. The van der Waals surface area contributed by atoms with Gasteiger partial charge in [0.05, 0.1) is 22.4 Å². The average molecular weight is 326 g/mol. The summed E-state index contributed by atoms with van der Waals surface area (Å²) in [6.07, 6.45) is 2.42. The monoisotopic (exact) mass is 326 g/mol. The van der Waals surface area contributed by atoms with Crippen LogP contribution in [0.5, 0.6) is 0 Å². The minimum Gasteiger partial charge on any atom is -0.481 e. The molecule has 0 aliphatic carbocycles. The molecule has 3 rings (SSSR count). The lowest BCUT2D eigenvalue weighted by atomic mass is 9.89. The van der Waals surface area contributed by atoms with Crippen LogP contribution >= 0.6 is 23.1 Å². The first-order valence-corrected chi connectivity index (χ1v) is 9.12. The number of amides is 1. The van der Waals surface area contributed by atoms with Gasteiger partial charge in [-0.2, -0.15) is 0 Å². The van der Waals surface area contributed by atoms with E-state index in [0.717, 1.165) is 29.3 Å². The topological polar surface area (TPSA) is 70.5 Å². The van der Waals surface area contributed by atoms with Gasteiger partial charge < -0.3 is 10.0 Å². The molecule has 3 unspecified atom stereocenters. The van der Waals surface area contributed by atoms with Crippen molar-refractivity contribution in [3.63, 3.8) is 0 Å². The second-order valence-corrected chi connectivity index (χ2v) is 7.68. The fraction of sp³-hybridized carbons (Fsp3) is 0.643. The summed E-state index contributed by atoms with van der Waals surface area (Å²) in [7, 11) is 0. The Morgan fingerprint density at radius 3 is 2.95 bits per heavy atom. The van der Waals surface area contributed by atoms with Gasteiger partial charge in [0, 0.05) is 23.2 Å². The first-order valence-electron chi connectivity index (χ1n) is 7.09. The highest BCUT2D eigenvalue weighted by Crippen LogP contribution is 2.42. The van der Waals surface area contributed by atoms with E-state index in [2.05, 4.69) is 4.98 Å². The molecule has 2 saturated heterocycles. The zero-order valence-electron chi connectivity index (χ0n) is 11.8. The molecule has 2 aliphatic rings. The third-order valence-corrected chi connectivity index (χ3v) is 6.06. The molecule has 1 amide bonds. The Hall–Kier alpha value is -1.08. The van der Waals surface area contributed by atoms with Gasteiger partial charge >= 0.3 is 5.97 Å². The average Bonchev–Trinajstić information content (AvgIpc) is 3.12. The van der Waals surface area contributed by atoms with Gasteiger partial charge in [-0.1, -0.05) is 0 Å². The first-order chi connectivity index (χ1) is 10.1. The Kier molecular flexibility index (Phi) is 4.21. The van der Waals surface area contributed by atoms with Gasteiger partial charge in [-0.3, -0.25) is 9.59 Å². The van der Waals surface area contributed by atoms with Crippen LogP contribution in [0.25, 0.3) is 0 Å². The number of carbonyl (C=O) groups is 2. The minimum atomic E-state index is -0.759. The van der Waals surface area contributed by atoms with Crippen LogP contribution in [0.4, 0.5) is 0 Å². The third kappa shape index (κ3) is 2.94. The number of carboxylic acid groups (broad SMARTS) is 1. The van der Waals surface area contributed by atoms with Gasteiger partial charge in [0.1, 0.15) is 0 Å². The van der Waals surface area contributed by atoms with Gasteiger partial charge in [0.2, 0.25) is 5.91 Å². The van der Waals surface area contributed by atoms with Crippen molar-refractivity contribution >= 4 is 35.0 Å². The van der Waals surface area contributed by atoms with Crippen LogP contribution in [0.1, 0.15) is 30.0 Å². The summed E-state index contributed by atoms with van der Waals surface area (Å²) in [6.45, 7) is 1.97. The molecule has 2 bridgehead atoms. The zero-order valence-corrected chi connectivity index (χ0v) is 13.5. The number of carbonyl (C=O) groups excluding carboxylic acids is 1.